The molecule has 0 saturated carbocycles. The third kappa shape index (κ3) is 2.08. The second kappa shape index (κ2) is 3.76. The van der Waals surface area contributed by atoms with Crippen molar-refractivity contribution >= 4 is 11.9 Å². The molecular formula is C10H10N3. The third-order valence-corrected chi connectivity index (χ3v) is 1.70. The predicted octanol–water partition coefficient (Wildman–Crippen LogP) is 1.58. The number of hydrogen-bond acceptors (Lipinski definition) is 2. The lowest BCUT2D eigenvalue weighted by molar-refractivity contribution is 0.672. The average Bonchev–Trinajstić information content (AvgIpc) is 2.21. The second-order valence-corrected chi connectivity index (χ2v) is 2.67. The number of hydrogen-bond donors (Lipinski definition) is 1. The Morgan fingerprint density at radius 2 is 2.00 bits per heavy atom. The largest absolute Gasteiger partial charge is 0.345 e. The minimum atomic E-state index is -0.174. The van der Waals surface area contributed by atoms with E-state index in [2.05, 4.69) is 15.6 Å². The molecule has 1 aromatic rings. The summed E-state index contributed by atoms with van der Waals surface area (Å²) in [5, 5.41) is 7.30. The number of benzene rings is 1. The van der Waals surface area contributed by atoms with E-state index >= 15 is 0 Å². The van der Waals surface area contributed by atoms with Crippen molar-refractivity contribution in [2.24, 2.45) is 4.99 Å². The first-order chi connectivity index (χ1) is 6.45. The van der Waals surface area contributed by atoms with Crippen molar-refractivity contribution in [2.75, 3.05) is 5.32 Å². The van der Waals surface area contributed by atoms with Gasteiger partial charge in [-0.05, 0) is 18.2 Å². The summed E-state index contributed by atoms with van der Waals surface area (Å²) in [7, 11) is 0. The summed E-state index contributed by atoms with van der Waals surface area (Å²) < 4.78 is 0. The minimum absolute atomic E-state index is 0.174. The number of para-hydroxylation sites is 1. The highest BCUT2D eigenvalue weighted by molar-refractivity contribution is 5.72. The summed E-state index contributed by atoms with van der Waals surface area (Å²) in [6.45, 7) is 0. The Hall–Kier alpha value is -1.77. The van der Waals surface area contributed by atoms with Crippen LogP contribution in [0.4, 0.5) is 5.69 Å². The summed E-state index contributed by atoms with van der Waals surface area (Å²) >= 11 is 0. The van der Waals surface area contributed by atoms with Crippen molar-refractivity contribution in [3.05, 3.63) is 42.6 Å². The molecule has 0 amide bonds. The summed E-state index contributed by atoms with van der Waals surface area (Å²) in [6.07, 6.45) is 5.12. The van der Waals surface area contributed by atoms with Gasteiger partial charge in [-0.1, -0.05) is 18.2 Å². The van der Waals surface area contributed by atoms with Crippen molar-refractivity contribution in [1.82, 2.24) is 5.32 Å². The Bertz CT molecular complexity index is 316. The van der Waals surface area contributed by atoms with Gasteiger partial charge in [0.15, 0.2) is 0 Å². The van der Waals surface area contributed by atoms with Crippen LogP contribution in [0.15, 0.2) is 47.6 Å². The van der Waals surface area contributed by atoms with Gasteiger partial charge in [0.25, 0.3) is 0 Å². The highest BCUT2D eigenvalue weighted by Gasteiger charge is 2.04. The molecule has 0 fully saturated rings. The van der Waals surface area contributed by atoms with Gasteiger partial charge in [-0.3, -0.25) is 0 Å². The fraction of sp³-hybridized carbons (Fsp3) is 0.100. The molecule has 1 aromatic carbocycles. The van der Waals surface area contributed by atoms with Gasteiger partial charge in [-0.2, -0.15) is 0 Å². The normalized spacial score (nSPS) is 19.5. The van der Waals surface area contributed by atoms with E-state index in [1.54, 1.807) is 12.4 Å². The molecule has 1 heterocycles. The van der Waals surface area contributed by atoms with E-state index in [4.69, 9.17) is 0 Å². The highest BCUT2D eigenvalue weighted by Crippen LogP contribution is 2.07. The fourth-order valence-corrected chi connectivity index (χ4v) is 1.10. The molecule has 0 aromatic heterocycles. The zero-order valence-corrected chi connectivity index (χ0v) is 7.09. The third-order valence-electron chi connectivity index (χ3n) is 1.70. The molecule has 0 saturated heterocycles. The van der Waals surface area contributed by atoms with Crippen molar-refractivity contribution in [3.63, 3.8) is 0 Å². The molecule has 1 atom stereocenters. The van der Waals surface area contributed by atoms with E-state index < -0.39 is 0 Å². The fourth-order valence-electron chi connectivity index (χ4n) is 1.10. The zero-order valence-electron chi connectivity index (χ0n) is 7.09. The van der Waals surface area contributed by atoms with E-state index in [1.165, 1.54) is 0 Å². The van der Waals surface area contributed by atoms with E-state index in [0.29, 0.717) is 0 Å². The van der Waals surface area contributed by atoms with Crippen LogP contribution in [0, 0.1) is 0 Å². The molecule has 1 aliphatic heterocycles. The molecule has 1 radical (unpaired) electrons. The van der Waals surface area contributed by atoms with Crippen molar-refractivity contribution in [3.8, 4) is 0 Å². The van der Waals surface area contributed by atoms with Gasteiger partial charge in [0.1, 0.15) is 0 Å². The van der Waals surface area contributed by atoms with E-state index in [1.807, 2.05) is 36.4 Å². The van der Waals surface area contributed by atoms with Crippen molar-refractivity contribution < 1.29 is 0 Å². The SMILES string of the molecule is C1=C[N]C(Nc2ccccc2)N=C1. The van der Waals surface area contributed by atoms with Crippen molar-refractivity contribution in [1.29, 1.82) is 0 Å². The summed E-state index contributed by atoms with van der Waals surface area (Å²) in [5.41, 5.74) is 1.03. The molecule has 13 heavy (non-hydrogen) atoms. The molecule has 65 valence electrons. The number of aliphatic imine (C=N–C) groups is 1. The molecule has 0 bridgehead atoms. The maximum atomic E-state index is 4.14. The summed E-state index contributed by atoms with van der Waals surface area (Å²) in [4.78, 5) is 4.14. The van der Waals surface area contributed by atoms with E-state index in [0.717, 1.165) is 5.69 Å². The molecule has 3 heteroatoms. The van der Waals surface area contributed by atoms with Crippen LogP contribution in [0.2, 0.25) is 0 Å². The minimum Gasteiger partial charge on any atom is -0.345 e. The molecule has 1 unspecified atom stereocenters. The monoisotopic (exact) mass is 172 g/mol. The number of nitrogens with zero attached hydrogens (tertiary/aromatic N) is 2. The van der Waals surface area contributed by atoms with Gasteiger partial charge in [0.2, 0.25) is 6.29 Å². The Morgan fingerprint density at radius 1 is 1.15 bits per heavy atom. The van der Waals surface area contributed by atoms with Crippen LogP contribution >= 0.6 is 0 Å². The topological polar surface area (TPSA) is 38.5 Å². The van der Waals surface area contributed by atoms with Gasteiger partial charge in [-0.25, -0.2) is 10.3 Å². The highest BCUT2D eigenvalue weighted by atomic mass is 15.2. The second-order valence-electron chi connectivity index (χ2n) is 2.67. The predicted molar refractivity (Wildman–Crippen MR) is 53.6 cm³/mol. The van der Waals surface area contributed by atoms with Crippen LogP contribution < -0.4 is 10.6 Å². The quantitative estimate of drug-likeness (QED) is 0.722. The maximum Gasteiger partial charge on any atom is 0.213 e. The average molecular weight is 172 g/mol. The Morgan fingerprint density at radius 3 is 2.69 bits per heavy atom. The first-order valence-electron chi connectivity index (χ1n) is 4.15. The molecule has 2 rings (SSSR count). The standard InChI is InChI=1S/C10H10N3/c1-2-5-9(6-3-1)13-10-11-7-4-8-12-10/h1-8,10,13H. The number of allylic oxidation sites excluding steroid dienone is 1. The molecule has 1 N–H and O–H groups in total. The molecule has 0 aliphatic carbocycles. The molecule has 0 spiro atoms. The van der Waals surface area contributed by atoms with E-state index in [9.17, 15) is 0 Å². The number of rotatable bonds is 2. The van der Waals surface area contributed by atoms with Gasteiger partial charge in [-0.15, -0.1) is 0 Å². The lowest BCUT2D eigenvalue weighted by Crippen LogP contribution is -2.26. The van der Waals surface area contributed by atoms with Crippen LogP contribution in [0.3, 0.4) is 0 Å². The van der Waals surface area contributed by atoms with Gasteiger partial charge < -0.3 is 5.32 Å². The molecule has 1 aliphatic rings. The molecular weight excluding hydrogens is 162 g/mol. The van der Waals surface area contributed by atoms with Crippen LogP contribution in [0.25, 0.3) is 0 Å². The first kappa shape index (κ1) is 7.86. The zero-order chi connectivity index (χ0) is 8.93. The van der Waals surface area contributed by atoms with Gasteiger partial charge in [0.05, 0.1) is 0 Å². The number of anilines is 1. The summed E-state index contributed by atoms with van der Waals surface area (Å²) in [6, 6.07) is 9.91. The first-order valence-corrected chi connectivity index (χ1v) is 4.15. The Kier molecular flexibility index (Phi) is 2.27. The van der Waals surface area contributed by atoms with Gasteiger partial charge >= 0.3 is 0 Å². The van der Waals surface area contributed by atoms with E-state index in [-0.39, 0.29) is 6.29 Å². The Balaban J connectivity index is 1.99. The smallest absolute Gasteiger partial charge is 0.213 e. The maximum absolute atomic E-state index is 4.14. The lowest BCUT2D eigenvalue weighted by Gasteiger charge is -2.15. The lowest BCUT2D eigenvalue weighted by atomic mass is 10.3. The summed E-state index contributed by atoms with van der Waals surface area (Å²) in [5.74, 6) is 0. The van der Waals surface area contributed by atoms with Crippen LogP contribution in [0.1, 0.15) is 0 Å². The van der Waals surface area contributed by atoms with Crippen LogP contribution in [-0.4, -0.2) is 12.5 Å². The number of nitrogens with one attached hydrogen (secondary N) is 1. The van der Waals surface area contributed by atoms with Gasteiger partial charge in [0, 0.05) is 18.1 Å². The Labute approximate surface area is 77.2 Å². The van der Waals surface area contributed by atoms with Crippen LogP contribution in [0.5, 0.6) is 0 Å². The molecule has 3 nitrogen and oxygen atoms in total. The van der Waals surface area contributed by atoms with Crippen LogP contribution in [-0.2, 0) is 0 Å². The van der Waals surface area contributed by atoms with Crippen molar-refractivity contribution in [2.45, 2.75) is 6.29 Å².